The Kier molecular flexibility index (Phi) is 7.25. The Bertz CT molecular complexity index is 1120. The van der Waals surface area contributed by atoms with Crippen molar-refractivity contribution in [1.29, 1.82) is 0 Å². The van der Waals surface area contributed by atoms with Crippen molar-refractivity contribution in [2.45, 2.75) is 6.42 Å². The Morgan fingerprint density at radius 3 is 1.94 bits per heavy atom. The molecular weight excluding hydrogens is 448 g/mol. The number of aromatic nitrogens is 4. The summed E-state index contributed by atoms with van der Waals surface area (Å²) in [5.74, 6) is 1.90. The summed E-state index contributed by atoms with van der Waals surface area (Å²) in [7, 11) is 0. The minimum atomic E-state index is -0.329. The van der Waals surface area contributed by atoms with Crippen molar-refractivity contribution in [2.75, 3.05) is 73.0 Å². The van der Waals surface area contributed by atoms with Crippen LogP contribution < -0.4 is 20.4 Å². The summed E-state index contributed by atoms with van der Waals surface area (Å²) in [6.45, 7) is 5.74. The van der Waals surface area contributed by atoms with Crippen molar-refractivity contribution in [1.82, 2.24) is 19.9 Å². The van der Waals surface area contributed by atoms with Crippen LogP contribution in [-0.2, 0) is 9.47 Å². The van der Waals surface area contributed by atoms with E-state index in [0.717, 1.165) is 44.8 Å². The van der Waals surface area contributed by atoms with Crippen LogP contribution in [0.5, 0.6) is 0 Å². The molecule has 0 bridgehead atoms. The van der Waals surface area contributed by atoms with E-state index in [2.05, 4.69) is 25.4 Å². The van der Waals surface area contributed by atoms with E-state index in [9.17, 15) is 4.79 Å². The van der Waals surface area contributed by atoms with Crippen LogP contribution in [0.2, 0.25) is 0 Å². The maximum Gasteiger partial charge on any atom is 0.323 e. The number of urea groups is 1. The Labute approximate surface area is 203 Å². The number of ether oxygens (including phenoxy) is 2. The highest BCUT2D eigenvalue weighted by atomic mass is 16.5. The lowest BCUT2D eigenvalue weighted by Crippen LogP contribution is -2.38. The van der Waals surface area contributed by atoms with E-state index in [0.29, 0.717) is 48.9 Å². The molecule has 5 rings (SSSR count). The lowest BCUT2D eigenvalue weighted by atomic mass is 10.2. The number of rotatable bonds is 5. The van der Waals surface area contributed by atoms with Crippen LogP contribution in [-0.4, -0.2) is 78.6 Å². The Morgan fingerprint density at radius 2 is 1.29 bits per heavy atom. The summed E-state index contributed by atoms with van der Waals surface area (Å²) in [6.07, 6.45) is 4.17. The summed E-state index contributed by atoms with van der Waals surface area (Å²) in [6, 6.07) is 10.6. The van der Waals surface area contributed by atoms with Crippen LogP contribution in [0.25, 0.3) is 11.4 Å². The number of amides is 2. The van der Waals surface area contributed by atoms with Gasteiger partial charge in [-0.15, -0.1) is 0 Å². The van der Waals surface area contributed by atoms with Gasteiger partial charge in [0.1, 0.15) is 0 Å². The third-order valence-corrected chi connectivity index (χ3v) is 5.75. The van der Waals surface area contributed by atoms with Crippen LogP contribution >= 0.6 is 0 Å². The topological polar surface area (TPSA) is 118 Å². The fraction of sp³-hybridized carbons (Fsp3) is 0.375. The molecule has 2 N–H and O–H groups in total. The zero-order chi connectivity index (χ0) is 23.9. The highest BCUT2D eigenvalue weighted by Crippen LogP contribution is 2.24. The van der Waals surface area contributed by atoms with Gasteiger partial charge in [0.05, 0.1) is 19.8 Å². The maximum absolute atomic E-state index is 12.3. The summed E-state index contributed by atoms with van der Waals surface area (Å²) in [4.78, 5) is 34.9. The molecular formula is C24H28N8O3. The average molecular weight is 477 g/mol. The van der Waals surface area contributed by atoms with Gasteiger partial charge in [-0.2, -0.15) is 15.0 Å². The Morgan fingerprint density at radius 1 is 0.714 bits per heavy atom. The number of nitrogens with one attached hydrogen (secondary N) is 2. The molecule has 0 spiro atoms. The van der Waals surface area contributed by atoms with Gasteiger partial charge < -0.3 is 29.9 Å². The van der Waals surface area contributed by atoms with Crippen molar-refractivity contribution in [3.8, 4) is 11.4 Å². The van der Waals surface area contributed by atoms with E-state index in [1.54, 1.807) is 24.5 Å². The summed E-state index contributed by atoms with van der Waals surface area (Å²) >= 11 is 0. The van der Waals surface area contributed by atoms with E-state index in [4.69, 9.17) is 24.4 Å². The number of nitrogens with zero attached hydrogens (tertiary/aromatic N) is 6. The molecule has 2 aromatic heterocycles. The quantitative estimate of drug-likeness (QED) is 0.573. The number of carbonyl (C=O) groups is 1. The van der Waals surface area contributed by atoms with Crippen LogP contribution in [0.4, 0.5) is 28.1 Å². The number of hydrogen-bond donors (Lipinski definition) is 2. The van der Waals surface area contributed by atoms with Crippen LogP contribution in [0.15, 0.2) is 48.8 Å². The maximum atomic E-state index is 12.3. The van der Waals surface area contributed by atoms with Crippen molar-refractivity contribution < 1.29 is 14.3 Å². The normalized spacial score (nSPS) is 16.5. The minimum absolute atomic E-state index is 0.329. The second kappa shape index (κ2) is 11.1. The average Bonchev–Trinajstić information content (AvgIpc) is 3.20. The molecule has 2 aliphatic heterocycles. The predicted octanol–water partition coefficient (Wildman–Crippen LogP) is 2.64. The molecule has 3 aromatic rings. The fourth-order valence-electron chi connectivity index (χ4n) is 3.91. The number of carbonyl (C=O) groups excluding carboxylic acids is 1. The molecule has 0 saturated carbocycles. The Hall–Kier alpha value is -3.83. The van der Waals surface area contributed by atoms with E-state index in [1.807, 2.05) is 24.3 Å². The first-order valence-corrected chi connectivity index (χ1v) is 11.7. The Balaban J connectivity index is 1.36. The van der Waals surface area contributed by atoms with Crippen molar-refractivity contribution in [3.63, 3.8) is 0 Å². The summed E-state index contributed by atoms with van der Waals surface area (Å²) in [5, 5.41) is 5.61. The first kappa shape index (κ1) is 22.9. The first-order chi connectivity index (χ1) is 17.2. The van der Waals surface area contributed by atoms with E-state index < -0.39 is 0 Å². The molecule has 11 nitrogen and oxygen atoms in total. The third-order valence-electron chi connectivity index (χ3n) is 5.75. The second-order valence-electron chi connectivity index (χ2n) is 8.20. The van der Waals surface area contributed by atoms with Crippen LogP contribution in [0.3, 0.4) is 0 Å². The standard InChI is InChI=1S/C24H28N8O3/c33-24(27-20-6-8-25-9-7-20)26-19-4-2-18(3-5-19)21-28-22(31-10-1-14-34-15-11-31)30-23(29-21)32-12-16-35-17-13-32/h2-9H,1,10-17H2,(H2,25,26,27,33). The largest absolute Gasteiger partial charge is 0.380 e. The van der Waals surface area contributed by atoms with E-state index in [1.165, 1.54) is 0 Å². The molecule has 0 atom stereocenters. The number of pyridine rings is 1. The third kappa shape index (κ3) is 6.00. The van der Waals surface area contributed by atoms with Gasteiger partial charge in [0, 0.05) is 62.1 Å². The van der Waals surface area contributed by atoms with Gasteiger partial charge >= 0.3 is 6.03 Å². The predicted molar refractivity (Wildman–Crippen MR) is 133 cm³/mol. The van der Waals surface area contributed by atoms with Gasteiger partial charge in [0.25, 0.3) is 0 Å². The lowest BCUT2D eigenvalue weighted by molar-refractivity contribution is 0.122. The molecule has 2 saturated heterocycles. The number of morpholine rings is 1. The monoisotopic (exact) mass is 476 g/mol. The zero-order valence-corrected chi connectivity index (χ0v) is 19.4. The smallest absolute Gasteiger partial charge is 0.323 e. The van der Waals surface area contributed by atoms with Crippen LogP contribution in [0, 0.1) is 0 Å². The minimum Gasteiger partial charge on any atom is -0.380 e. The highest BCUT2D eigenvalue weighted by molar-refractivity contribution is 5.99. The van der Waals surface area contributed by atoms with Gasteiger partial charge in [-0.3, -0.25) is 4.98 Å². The van der Waals surface area contributed by atoms with Gasteiger partial charge in [-0.1, -0.05) is 0 Å². The van der Waals surface area contributed by atoms with Crippen molar-refractivity contribution in [2.24, 2.45) is 0 Å². The second-order valence-corrected chi connectivity index (χ2v) is 8.20. The number of hydrogen-bond acceptors (Lipinski definition) is 9. The SMILES string of the molecule is O=C(Nc1ccncc1)Nc1ccc(-c2nc(N3CCCOCC3)nc(N3CCOCC3)n2)cc1. The van der Waals surface area contributed by atoms with Crippen molar-refractivity contribution in [3.05, 3.63) is 48.8 Å². The lowest BCUT2D eigenvalue weighted by Gasteiger charge is -2.28. The highest BCUT2D eigenvalue weighted by Gasteiger charge is 2.20. The molecule has 4 heterocycles. The number of anilines is 4. The van der Waals surface area contributed by atoms with Gasteiger partial charge in [0.15, 0.2) is 5.82 Å². The van der Waals surface area contributed by atoms with Gasteiger partial charge in [-0.25, -0.2) is 4.79 Å². The molecule has 0 unspecified atom stereocenters. The molecule has 2 aliphatic rings. The summed E-state index contributed by atoms with van der Waals surface area (Å²) < 4.78 is 11.1. The van der Waals surface area contributed by atoms with E-state index >= 15 is 0 Å². The molecule has 11 heteroatoms. The number of benzene rings is 1. The molecule has 35 heavy (non-hydrogen) atoms. The molecule has 2 fully saturated rings. The van der Waals surface area contributed by atoms with E-state index in [-0.39, 0.29) is 6.03 Å². The van der Waals surface area contributed by atoms with Gasteiger partial charge in [0.2, 0.25) is 11.9 Å². The molecule has 0 radical (unpaired) electrons. The molecule has 182 valence electrons. The molecule has 2 amide bonds. The molecule has 1 aromatic carbocycles. The zero-order valence-electron chi connectivity index (χ0n) is 19.4. The fourth-order valence-corrected chi connectivity index (χ4v) is 3.91. The van der Waals surface area contributed by atoms with Crippen molar-refractivity contribution >= 4 is 29.3 Å². The summed E-state index contributed by atoms with van der Waals surface area (Å²) in [5.41, 5.74) is 2.17. The van der Waals surface area contributed by atoms with Crippen LogP contribution in [0.1, 0.15) is 6.42 Å². The van der Waals surface area contributed by atoms with Gasteiger partial charge in [-0.05, 0) is 42.8 Å². The first-order valence-electron chi connectivity index (χ1n) is 11.7. The molecule has 0 aliphatic carbocycles.